The van der Waals surface area contributed by atoms with Gasteiger partial charge in [0.25, 0.3) is 0 Å². The van der Waals surface area contributed by atoms with Crippen LogP contribution in [-0.2, 0) is 0 Å². The fraction of sp³-hybridized carbons (Fsp3) is 0.429. The Kier molecular flexibility index (Phi) is 6.27. The van der Waals surface area contributed by atoms with E-state index in [2.05, 4.69) is 4.90 Å². The number of aliphatic hydroxyl groups is 1. The number of ether oxygens (including phenoxy) is 1. The fourth-order valence-corrected chi connectivity index (χ4v) is 3.21. The van der Waals surface area contributed by atoms with E-state index in [-0.39, 0.29) is 0 Å². The zero-order valence-corrected chi connectivity index (χ0v) is 14.2. The highest BCUT2D eigenvalue weighted by Crippen LogP contribution is 2.24. The maximum Gasteiger partial charge on any atom is 0.127 e. The first-order valence-electron chi connectivity index (χ1n) is 9.04. The molecule has 1 atom stereocenters. The molecule has 3 heteroatoms. The van der Waals surface area contributed by atoms with Crippen LogP contribution >= 0.6 is 0 Å². The van der Waals surface area contributed by atoms with Gasteiger partial charge in [-0.05, 0) is 62.2 Å². The molecule has 0 bridgehead atoms. The van der Waals surface area contributed by atoms with Gasteiger partial charge in [0.15, 0.2) is 0 Å². The Morgan fingerprint density at radius 3 is 2.12 bits per heavy atom. The van der Waals surface area contributed by atoms with Crippen LogP contribution in [0.15, 0.2) is 54.6 Å². The van der Waals surface area contributed by atoms with Crippen LogP contribution in [0.4, 0.5) is 0 Å². The quantitative estimate of drug-likeness (QED) is 0.830. The van der Waals surface area contributed by atoms with Gasteiger partial charge in [-0.25, -0.2) is 0 Å². The molecule has 1 heterocycles. The lowest BCUT2D eigenvalue weighted by Gasteiger charge is -2.21. The van der Waals surface area contributed by atoms with Gasteiger partial charge in [-0.1, -0.05) is 43.2 Å². The van der Waals surface area contributed by atoms with Crippen LogP contribution in [0.1, 0.15) is 43.8 Å². The number of nitrogens with zero attached hydrogens (tertiary/aromatic N) is 1. The summed E-state index contributed by atoms with van der Waals surface area (Å²) in [4.78, 5) is 2.49. The van der Waals surface area contributed by atoms with Gasteiger partial charge in [-0.3, -0.25) is 0 Å². The minimum atomic E-state index is -0.404. The first-order valence-corrected chi connectivity index (χ1v) is 9.04. The SMILES string of the molecule is OC(CCN1CCCCCC1)c1ccc(Oc2ccccc2)cc1. The van der Waals surface area contributed by atoms with Gasteiger partial charge in [-0.2, -0.15) is 0 Å². The summed E-state index contributed by atoms with van der Waals surface area (Å²) >= 11 is 0. The van der Waals surface area contributed by atoms with Crippen molar-refractivity contribution in [1.82, 2.24) is 4.90 Å². The lowest BCUT2D eigenvalue weighted by Crippen LogP contribution is -2.26. The summed E-state index contributed by atoms with van der Waals surface area (Å²) in [7, 11) is 0. The van der Waals surface area contributed by atoms with E-state index in [1.54, 1.807) is 0 Å². The summed E-state index contributed by atoms with van der Waals surface area (Å²) in [5, 5.41) is 10.4. The Morgan fingerprint density at radius 1 is 0.833 bits per heavy atom. The number of para-hydroxylation sites is 1. The summed E-state index contributed by atoms with van der Waals surface area (Å²) in [6, 6.07) is 17.5. The average molecular weight is 325 g/mol. The molecule has 1 fully saturated rings. The molecule has 0 aromatic heterocycles. The van der Waals surface area contributed by atoms with Crippen molar-refractivity contribution >= 4 is 0 Å². The number of hydrogen-bond acceptors (Lipinski definition) is 3. The van der Waals surface area contributed by atoms with Crippen LogP contribution in [0.2, 0.25) is 0 Å². The topological polar surface area (TPSA) is 32.7 Å². The van der Waals surface area contributed by atoms with E-state index in [0.717, 1.165) is 30.0 Å². The number of aliphatic hydroxyl groups excluding tert-OH is 1. The molecule has 0 spiro atoms. The Balaban J connectivity index is 1.50. The third-order valence-electron chi connectivity index (χ3n) is 4.66. The van der Waals surface area contributed by atoms with Gasteiger partial charge >= 0.3 is 0 Å². The van der Waals surface area contributed by atoms with Gasteiger partial charge in [0, 0.05) is 6.54 Å². The molecule has 0 amide bonds. The third kappa shape index (κ3) is 5.08. The number of benzene rings is 2. The van der Waals surface area contributed by atoms with Gasteiger partial charge in [-0.15, -0.1) is 0 Å². The van der Waals surface area contributed by atoms with Crippen molar-refractivity contribution in [2.75, 3.05) is 19.6 Å². The van der Waals surface area contributed by atoms with Crippen LogP contribution in [0, 0.1) is 0 Å². The van der Waals surface area contributed by atoms with Crippen LogP contribution in [0.3, 0.4) is 0 Å². The predicted molar refractivity (Wildman–Crippen MR) is 97.4 cm³/mol. The molecule has 3 rings (SSSR count). The van der Waals surface area contributed by atoms with Crippen molar-refractivity contribution in [2.45, 2.75) is 38.2 Å². The lowest BCUT2D eigenvalue weighted by atomic mass is 10.1. The van der Waals surface area contributed by atoms with E-state index in [0.29, 0.717) is 0 Å². The highest BCUT2D eigenvalue weighted by Gasteiger charge is 2.13. The molecule has 1 saturated heterocycles. The highest BCUT2D eigenvalue weighted by molar-refractivity contribution is 5.33. The Morgan fingerprint density at radius 2 is 1.46 bits per heavy atom. The van der Waals surface area contributed by atoms with Crippen molar-refractivity contribution in [2.24, 2.45) is 0 Å². The van der Waals surface area contributed by atoms with Crippen molar-refractivity contribution in [3.8, 4) is 11.5 Å². The average Bonchev–Trinajstić information content (AvgIpc) is 2.90. The zero-order chi connectivity index (χ0) is 16.6. The summed E-state index contributed by atoms with van der Waals surface area (Å²) in [6.07, 6.45) is 5.67. The van der Waals surface area contributed by atoms with Gasteiger partial charge in [0.1, 0.15) is 11.5 Å². The molecule has 0 aliphatic carbocycles. The molecule has 1 aliphatic rings. The molecule has 1 aliphatic heterocycles. The molecule has 0 radical (unpaired) electrons. The first-order chi connectivity index (χ1) is 11.8. The monoisotopic (exact) mass is 325 g/mol. The fourth-order valence-electron chi connectivity index (χ4n) is 3.21. The second-order valence-corrected chi connectivity index (χ2v) is 6.54. The van der Waals surface area contributed by atoms with Crippen molar-refractivity contribution in [3.05, 3.63) is 60.2 Å². The molecule has 1 N–H and O–H groups in total. The molecule has 0 saturated carbocycles. The molecule has 3 nitrogen and oxygen atoms in total. The summed E-state index contributed by atoms with van der Waals surface area (Å²) in [5.41, 5.74) is 0.963. The molecular weight excluding hydrogens is 298 g/mol. The van der Waals surface area contributed by atoms with Gasteiger partial charge < -0.3 is 14.7 Å². The highest BCUT2D eigenvalue weighted by atomic mass is 16.5. The van der Waals surface area contributed by atoms with E-state index in [1.165, 1.54) is 38.8 Å². The molecule has 1 unspecified atom stereocenters. The summed E-state index contributed by atoms with van der Waals surface area (Å²) in [6.45, 7) is 3.33. The van der Waals surface area contributed by atoms with Crippen LogP contribution < -0.4 is 4.74 Å². The van der Waals surface area contributed by atoms with Crippen molar-refractivity contribution in [3.63, 3.8) is 0 Å². The van der Waals surface area contributed by atoms with Gasteiger partial charge in [0.2, 0.25) is 0 Å². The summed E-state index contributed by atoms with van der Waals surface area (Å²) < 4.78 is 5.79. The Bertz CT molecular complexity index is 589. The largest absolute Gasteiger partial charge is 0.457 e. The maximum atomic E-state index is 10.4. The minimum absolute atomic E-state index is 0.404. The normalized spacial score (nSPS) is 17.2. The number of rotatable bonds is 6. The number of hydrogen-bond donors (Lipinski definition) is 1. The van der Waals surface area contributed by atoms with Gasteiger partial charge in [0.05, 0.1) is 6.10 Å². The molecular formula is C21H27NO2. The van der Waals surface area contributed by atoms with Crippen LogP contribution in [0.5, 0.6) is 11.5 Å². The third-order valence-corrected chi connectivity index (χ3v) is 4.66. The van der Waals surface area contributed by atoms with Crippen LogP contribution in [-0.4, -0.2) is 29.6 Å². The lowest BCUT2D eigenvalue weighted by molar-refractivity contribution is 0.143. The molecule has 2 aromatic rings. The maximum absolute atomic E-state index is 10.4. The van der Waals surface area contributed by atoms with E-state index < -0.39 is 6.10 Å². The van der Waals surface area contributed by atoms with Crippen LogP contribution in [0.25, 0.3) is 0 Å². The smallest absolute Gasteiger partial charge is 0.127 e. The minimum Gasteiger partial charge on any atom is -0.457 e. The Hall–Kier alpha value is -1.84. The number of likely N-dealkylation sites (tertiary alicyclic amines) is 1. The van der Waals surface area contributed by atoms with Crippen molar-refractivity contribution in [1.29, 1.82) is 0 Å². The first kappa shape index (κ1) is 17.0. The predicted octanol–water partition coefficient (Wildman–Crippen LogP) is 4.78. The van der Waals surface area contributed by atoms with E-state index in [9.17, 15) is 5.11 Å². The van der Waals surface area contributed by atoms with E-state index >= 15 is 0 Å². The second-order valence-electron chi connectivity index (χ2n) is 6.54. The standard InChI is InChI=1S/C21H27NO2/c23-21(14-17-22-15-6-1-2-7-16-22)18-10-12-20(13-11-18)24-19-8-4-3-5-9-19/h3-5,8-13,21,23H,1-2,6-7,14-17H2. The molecule has 2 aromatic carbocycles. The Labute approximate surface area is 144 Å². The second kappa shape index (κ2) is 8.86. The molecule has 24 heavy (non-hydrogen) atoms. The van der Waals surface area contributed by atoms with E-state index in [1.807, 2.05) is 54.6 Å². The molecule has 128 valence electrons. The summed E-state index contributed by atoms with van der Waals surface area (Å²) in [5.74, 6) is 1.62. The zero-order valence-electron chi connectivity index (χ0n) is 14.2. The van der Waals surface area contributed by atoms with E-state index in [4.69, 9.17) is 4.74 Å². The van der Waals surface area contributed by atoms with Crippen molar-refractivity contribution < 1.29 is 9.84 Å².